The standard InChI is InChI=1S/C24H38N4O2/c1-18(2)26-23(30)25-17-21-24(11-14-27(4)15-12-24)10-5-13-28(21)22(29)16-20-8-6-19(3)7-9-20/h6-9,18,21H,5,10-17H2,1-4H3,(H2,25,26,30)/t21-/m0/s1. The lowest BCUT2D eigenvalue weighted by molar-refractivity contribution is -0.140. The Labute approximate surface area is 181 Å². The molecule has 6 nitrogen and oxygen atoms in total. The van der Waals surface area contributed by atoms with Crippen molar-refractivity contribution in [2.45, 2.75) is 65.0 Å². The number of rotatable bonds is 5. The lowest BCUT2D eigenvalue weighted by atomic mass is 9.66. The Morgan fingerprint density at radius 2 is 1.77 bits per heavy atom. The zero-order valence-corrected chi connectivity index (χ0v) is 19.0. The second-order valence-electron chi connectivity index (χ2n) is 9.54. The van der Waals surface area contributed by atoms with Crippen LogP contribution < -0.4 is 10.6 Å². The van der Waals surface area contributed by atoms with Gasteiger partial charge in [0.2, 0.25) is 5.91 Å². The summed E-state index contributed by atoms with van der Waals surface area (Å²) in [7, 11) is 2.17. The van der Waals surface area contributed by atoms with Crippen LogP contribution in [0, 0.1) is 12.3 Å². The van der Waals surface area contributed by atoms with Gasteiger partial charge in [-0.3, -0.25) is 4.79 Å². The predicted octanol–water partition coefficient (Wildman–Crippen LogP) is 2.95. The van der Waals surface area contributed by atoms with E-state index in [0.29, 0.717) is 13.0 Å². The van der Waals surface area contributed by atoms with Crippen LogP contribution in [-0.4, -0.2) is 67.0 Å². The second-order valence-corrected chi connectivity index (χ2v) is 9.54. The number of nitrogens with zero attached hydrogens (tertiary/aromatic N) is 2. The first-order valence-corrected chi connectivity index (χ1v) is 11.4. The summed E-state index contributed by atoms with van der Waals surface area (Å²) in [6.07, 6.45) is 4.75. The molecule has 30 heavy (non-hydrogen) atoms. The number of aryl methyl sites for hydroxylation is 1. The molecule has 2 aliphatic rings. The molecule has 1 aromatic carbocycles. The van der Waals surface area contributed by atoms with Crippen LogP contribution in [-0.2, 0) is 11.2 Å². The average Bonchev–Trinajstić information content (AvgIpc) is 2.70. The maximum atomic E-state index is 13.4. The molecule has 6 heteroatoms. The Morgan fingerprint density at radius 1 is 1.10 bits per heavy atom. The molecular formula is C24H38N4O2. The fraction of sp³-hybridized carbons (Fsp3) is 0.667. The minimum absolute atomic E-state index is 0.0517. The molecular weight excluding hydrogens is 376 g/mol. The topological polar surface area (TPSA) is 64.7 Å². The Hall–Kier alpha value is -2.08. The number of piperidine rings is 2. The fourth-order valence-electron chi connectivity index (χ4n) is 5.01. The average molecular weight is 415 g/mol. The monoisotopic (exact) mass is 414 g/mol. The quantitative estimate of drug-likeness (QED) is 0.779. The first-order valence-electron chi connectivity index (χ1n) is 11.4. The molecule has 3 rings (SSSR count). The number of carbonyl (C=O) groups excluding carboxylic acids is 2. The summed E-state index contributed by atoms with van der Waals surface area (Å²) in [5.41, 5.74) is 2.35. The van der Waals surface area contributed by atoms with Gasteiger partial charge in [0, 0.05) is 19.1 Å². The highest BCUT2D eigenvalue weighted by molar-refractivity contribution is 5.79. The van der Waals surface area contributed by atoms with Crippen molar-refractivity contribution < 1.29 is 9.59 Å². The summed E-state index contributed by atoms with van der Waals surface area (Å²) >= 11 is 0. The highest BCUT2D eigenvalue weighted by Crippen LogP contribution is 2.44. The molecule has 2 aliphatic heterocycles. The van der Waals surface area contributed by atoms with Crippen molar-refractivity contribution in [2.24, 2.45) is 5.41 Å². The van der Waals surface area contributed by atoms with E-state index < -0.39 is 0 Å². The lowest BCUT2D eigenvalue weighted by Gasteiger charge is -2.53. The molecule has 2 N–H and O–H groups in total. The lowest BCUT2D eigenvalue weighted by Crippen LogP contribution is -2.62. The highest BCUT2D eigenvalue weighted by atomic mass is 16.2. The number of hydrogen-bond acceptors (Lipinski definition) is 3. The summed E-state index contributed by atoms with van der Waals surface area (Å²) in [6.45, 7) is 9.36. The summed E-state index contributed by atoms with van der Waals surface area (Å²) in [5, 5.41) is 5.97. The molecule has 0 unspecified atom stereocenters. The largest absolute Gasteiger partial charge is 0.337 e. The molecule has 2 heterocycles. The van der Waals surface area contributed by atoms with E-state index in [1.807, 2.05) is 26.0 Å². The van der Waals surface area contributed by atoms with Crippen molar-refractivity contribution >= 4 is 11.9 Å². The number of urea groups is 1. The van der Waals surface area contributed by atoms with Crippen LogP contribution >= 0.6 is 0 Å². The van der Waals surface area contributed by atoms with Gasteiger partial charge in [0.25, 0.3) is 0 Å². The Kier molecular flexibility index (Phi) is 7.40. The molecule has 0 radical (unpaired) electrons. The third-order valence-corrected chi connectivity index (χ3v) is 6.81. The molecule has 1 spiro atoms. The normalized spacial score (nSPS) is 21.6. The van der Waals surface area contributed by atoms with Crippen LogP contribution in [0.4, 0.5) is 4.79 Å². The molecule has 166 valence electrons. The Bertz CT molecular complexity index is 723. The molecule has 0 saturated carbocycles. The minimum Gasteiger partial charge on any atom is -0.337 e. The maximum absolute atomic E-state index is 13.4. The van der Waals surface area contributed by atoms with Crippen LogP contribution in [0.25, 0.3) is 0 Å². The van der Waals surface area contributed by atoms with E-state index >= 15 is 0 Å². The van der Waals surface area contributed by atoms with Crippen LogP contribution in [0.3, 0.4) is 0 Å². The molecule has 0 bridgehead atoms. The molecule has 2 saturated heterocycles. The second kappa shape index (κ2) is 9.82. The van der Waals surface area contributed by atoms with E-state index in [1.54, 1.807) is 0 Å². The number of benzene rings is 1. The highest BCUT2D eigenvalue weighted by Gasteiger charge is 2.47. The number of amides is 3. The van der Waals surface area contributed by atoms with Crippen LogP contribution in [0.2, 0.25) is 0 Å². The Balaban J connectivity index is 1.76. The van der Waals surface area contributed by atoms with E-state index in [9.17, 15) is 9.59 Å². The number of likely N-dealkylation sites (tertiary alicyclic amines) is 2. The van der Waals surface area contributed by atoms with Crippen molar-refractivity contribution in [3.8, 4) is 0 Å². The van der Waals surface area contributed by atoms with Gasteiger partial charge >= 0.3 is 6.03 Å². The van der Waals surface area contributed by atoms with Gasteiger partial charge in [-0.1, -0.05) is 29.8 Å². The first kappa shape index (κ1) is 22.6. The maximum Gasteiger partial charge on any atom is 0.315 e. The zero-order valence-electron chi connectivity index (χ0n) is 19.0. The van der Waals surface area contributed by atoms with Gasteiger partial charge in [-0.05, 0) is 77.6 Å². The van der Waals surface area contributed by atoms with Gasteiger partial charge in [-0.2, -0.15) is 0 Å². The molecule has 2 fully saturated rings. The summed E-state index contributed by atoms with van der Waals surface area (Å²) in [4.78, 5) is 30.1. The van der Waals surface area contributed by atoms with Gasteiger partial charge in [0.15, 0.2) is 0 Å². The summed E-state index contributed by atoms with van der Waals surface area (Å²) in [5.74, 6) is 0.174. The number of hydrogen-bond donors (Lipinski definition) is 2. The predicted molar refractivity (Wildman–Crippen MR) is 120 cm³/mol. The van der Waals surface area contributed by atoms with Gasteiger partial charge in [0.05, 0.1) is 12.5 Å². The van der Waals surface area contributed by atoms with E-state index in [4.69, 9.17) is 0 Å². The third kappa shape index (κ3) is 5.54. The van der Waals surface area contributed by atoms with Crippen molar-refractivity contribution in [1.82, 2.24) is 20.4 Å². The molecule has 1 aromatic rings. The number of nitrogens with one attached hydrogen (secondary N) is 2. The summed E-state index contributed by atoms with van der Waals surface area (Å²) < 4.78 is 0. The van der Waals surface area contributed by atoms with Crippen LogP contribution in [0.15, 0.2) is 24.3 Å². The zero-order chi connectivity index (χ0) is 21.7. The van der Waals surface area contributed by atoms with Gasteiger partial charge < -0.3 is 20.4 Å². The minimum atomic E-state index is -0.149. The van der Waals surface area contributed by atoms with Crippen molar-refractivity contribution in [3.63, 3.8) is 0 Å². The van der Waals surface area contributed by atoms with Gasteiger partial charge in [0.1, 0.15) is 0 Å². The van der Waals surface area contributed by atoms with Gasteiger partial charge in [-0.25, -0.2) is 4.79 Å². The van der Waals surface area contributed by atoms with E-state index in [1.165, 1.54) is 5.56 Å². The van der Waals surface area contributed by atoms with Crippen molar-refractivity contribution in [3.05, 3.63) is 35.4 Å². The molecule has 0 aromatic heterocycles. The van der Waals surface area contributed by atoms with E-state index in [0.717, 1.165) is 50.9 Å². The van der Waals surface area contributed by atoms with Gasteiger partial charge in [-0.15, -0.1) is 0 Å². The van der Waals surface area contributed by atoms with Crippen molar-refractivity contribution in [1.29, 1.82) is 0 Å². The Morgan fingerprint density at radius 3 is 2.40 bits per heavy atom. The van der Waals surface area contributed by atoms with Crippen LogP contribution in [0.1, 0.15) is 50.7 Å². The first-order chi connectivity index (χ1) is 14.3. The third-order valence-electron chi connectivity index (χ3n) is 6.81. The molecule has 3 amide bonds. The van der Waals surface area contributed by atoms with E-state index in [-0.39, 0.29) is 29.4 Å². The molecule has 1 atom stereocenters. The van der Waals surface area contributed by atoms with Crippen LogP contribution in [0.5, 0.6) is 0 Å². The van der Waals surface area contributed by atoms with Crippen molar-refractivity contribution in [2.75, 3.05) is 33.2 Å². The number of carbonyl (C=O) groups is 2. The SMILES string of the molecule is Cc1ccc(CC(=O)N2CCCC3(CCN(C)CC3)[C@@H]2CNC(=O)NC(C)C)cc1. The molecule has 0 aliphatic carbocycles. The smallest absolute Gasteiger partial charge is 0.315 e. The van der Waals surface area contributed by atoms with E-state index in [2.05, 4.69) is 46.5 Å². The fourth-order valence-corrected chi connectivity index (χ4v) is 5.01. The summed E-state index contributed by atoms with van der Waals surface area (Å²) in [6, 6.07) is 8.21.